The van der Waals surface area contributed by atoms with Crippen molar-refractivity contribution in [2.75, 3.05) is 74.5 Å². The van der Waals surface area contributed by atoms with Crippen LogP contribution in [0.15, 0.2) is 54.9 Å². The average Bonchev–Trinajstić information content (AvgIpc) is 3.70. The molecule has 0 saturated carbocycles. The number of imide groups is 1. The molecule has 0 radical (unpaired) electrons. The highest BCUT2D eigenvalue weighted by Crippen LogP contribution is 2.34. The van der Waals surface area contributed by atoms with Gasteiger partial charge in [-0.15, -0.1) is 0 Å². The van der Waals surface area contributed by atoms with Crippen molar-refractivity contribution in [3.63, 3.8) is 0 Å². The molecule has 16 heteroatoms. The largest absolute Gasteiger partial charge is 0.371 e. The van der Waals surface area contributed by atoms with E-state index in [9.17, 15) is 24.0 Å². The van der Waals surface area contributed by atoms with E-state index >= 15 is 0 Å². The lowest BCUT2D eigenvalue weighted by Crippen LogP contribution is -2.51. The number of amides is 6. The second-order valence-electron chi connectivity index (χ2n) is 16.8. The van der Waals surface area contributed by atoms with Gasteiger partial charge in [-0.3, -0.25) is 29.0 Å². The minimum absolute atomic E-state index is 0.0629. The third kappa shape index (κ3) is 7.45. The summed E-state index contributed by atoms with van der Waals surface area (Å²) in [5.74, 6) is -0.341. The number of nitrogens with zero attached hydrogens (tertiary/aromatic N) is 8. The molecule has 59 heavy (non-hydrogen) atoms. The van der Waals surface area contributed by atoms with Gasteiger partial charge < -0.3 is 36.0 Å². The van der Waals surface area contributed by atoms with Gasteiger partial charge in [0.2, 0.25) is 5.91 Å². The maximum atomic E-state index is 13.4. The van der Waals surface area contributed by atoms with Crippen LogP contribution in [0.4, 0.5) is 27.8 Å². The van der Waals surface area contributed by atoms with Gasteiger partial charge >= 0.3 is 6.03 Å². The topological polar surface area (TPSA) is 181 Å². The van der Waals surface area contributed by atoms with Crippen LogP contribution in [0.5, 0.6) is 0 Å². The van der Waals surface area contributed by atoms with Crippen LogP contribution in [0.25, 0.3) is 0 Å². The minimum Gasteiger partial charge on any atom is -0.371 e. The number of aromatic nitrogens is 2. The van der Waals surface area contributed by atoms with Gasteiger partial charge in [-0.2, -0.15) is 0 Å². The van der Waals surface area contributed by atoms with Crippen LogP contribution >= 0.6 is 0 Å². The summed E-state index contributed by atoms with van der Waals surface area (Å²) in [6.07, 6.45) is 7.30. The molecule has 0 aliphatic carbocycles. The number of benzene rings is 2. The van der Waals surface area contributed by atoms with Gasteiger partial charge in [0.05, 0.1) is 23.4 Å². The summed E-state index contributed by atoms with van der Waals surface area (Å²) in [6, 6.07) is 11.1. The molecule has 7 heterocycles. The maximum absolute atomic E-state index is 13.4. The lowest BCUT2D eigenvalue weighted by molar-refractivity contribution is -0.125. The fourth-order valence-corrected chi connectivity index (χ4v) is 9.68. The molecular formula is C43H51N11O5. The lowest BCUT2D eigenvalue weighted by Gasteiger charge is -2.38. The number of hydrogen-bond donors (Lipinski definition) is 3. The van der Waals surface area contributed by atoms with Gasteiger partial charge in [0.15, 0.2) is 11.5 Å². The Morgan fingerprint density at radius 2 is 1.71 bits per heavy atom. The predicted octanol–water partition coefficient (Wildman–Crippen LogP) is 3.32. The molecule has 0 spiro atoms. The first-order valence-electron chi connectivity index (χ1n) is 20.8. The second kappa shape index (κ2) is 15.6. The number of hydrogen-bond acceptors (Lipinski definition) is 11. The van der Waals surface area contributed by atoms with Gasteiger partial charge in [0.1, 0.15) is 11.9 Å². The Kier molecular flexibility index (Phi) is 10.2. The number of rotatable bonds is 9. The number of allylic oxidation sites excluding steroid dienone is 1. The molecule has 1 aromatic heterocycles. The monoisotopic (exact) mass is 801 g/mol. The molecule has 2 aromatic carbocycles. The number of carbonyl (C=O) groups is 5. The number of fused-ring (bicyclic) bond motifs is 2. The summed E-state index contributed by atoms with van der Waals surface area (Å²) in [5, 5.41) is 6.04. The van der Waals surface area contributed by atoms with E-state index in [1.807, 2.05) is 30.1 Å². The smallest absolute Gasteiger partial charge is 0.320 e. The maximum Gasteiger partial charge on any atom is 0.320 e. The molecule has 3 aromatic rings. The Hall–Kier alpha value is -6.03. The van der Waals surface area contributed by atoms with Gasteiger partial charge in [-0.05, 0) is 92.3 Å². The fraction of sp³-hybridized carbons (Fsp3) is 0.465. The quantitative estimate of drug-likeness (QED) is 0.270. The first-order valence-corrected chi connectivity index (χ1v) is 20.8. The zero-order chi connectivity index (χ0) is 40.9. The Labute approximate surface area is 343 Å². The van der Waals surface area contributed by atoms with E-state index in [2.05, 4.69) is 49.0 Å². The number of nitrogens with one attached hydrogen (secondary N) is 2. The molecule has 6 aliphatic rings. The highest BCUT2D eigenvalue weighted by atomic mass is 16.2. The fourth-order valence-electron chi connectivity index (χ4n) is 9.68. The van der Waals surface area contributed by atoms with Crippen LogP contribution in [-0.4, -0.2) is 131 Å². The second-order valence-corrected chi connectivity index (χ2v) is 16.8. The molecule has 16 nitrogen and oxygen atoms in total. The summed E-state index contributed by atoms with van der Waals surface area (Å²) in [4.78, 5) is 85.5. The number of primary amides is 1. The van der Waals surface area contributed by atoms with Crippen molar-refractivity contribution in [1.82, 2.24) is 34.9 Å². The van der Waals surface area contributed by atoms with E-state index in [-0.39, 0.29) is 23.7 Å². The highest BCUT2D eigenvalue weighted by Gasteiger charge is 2.44. The Balaban J connectivity index is 0.798. The zero-order valence-electron chi connectivity index (χ0n) is 33.5. The van der Waals surface area contributed by atoms with Crippen LogP contribution in [-0.2, 0) is 17.8 Å². The van der Waals surface area contributed by atoms with Crippen LogP contribution < -0.4 is 26.2 Å². The normalized spacial score (nSPS) is 22.9. The average molecular weight is 802 g/mol. The molecule has 9 rings (SSSR count). The van der Waals surface area contributed by atoms with Crippen LogP contribution in [0, 0.1) is 5.92 Å². The molecule has 6 amide bonds. The Morgan fingerprint density at radius 1 is 0.898 bits per heavy atom. The molecule has 4 saturated heterocycles. The van der Waals surface area contributed by atoms with E-state index in [0.29, 0.717) is 53.8 Å². The molecule has 2 atom stereocenters. The molecule has 4 N–H and O–H groups in total. The van der Waals surface area contributed by atoms with Gasteiger partial charge in [-0.1, -0.05) is 12.6 Å². The molecule has 6 aliphatic heterocycles. The number of piperidine rings is 3. The molecular weight excluding hydrogens is 751 g/mol. The number of likely N-dealkylation sites (N-methyl/N-ethyl adjacent to an activating group) is 1. The standard InChI is InChI=1S/C43H51N11O5/c1-26-5-10-35(40(56)46-26)54-41(57)33-9-8-31(21-34(33)42(54)58)51-16-11-27(12-17-51)23-50-15-13-28-20-30(7-6-29(28)24-50)47-39-37(38(44)55)45-22-36(48-39)52-14-3-4-32(25-52)53-19-18-49(2)43(53)59/h6-9,20-22,27,32,35H,1,3-5,10-19,23-25H2,2H3,(H2,44,55)(H,46,56)(H,47,48)/t32-,35?/m1/s1. The molecule has 0 bridgehead atoms. The van der Waals surface area contributed by atoms with E-state index in [1.54, 1.807) is 17.2 Å². The molecule has 1 unspecified atom stereocenters. The lowest BCUT2D eigenvalue weighted by atomic mass is 9.93. The van der Waals surface area contributed by atoms with Crippen molar-refractivity contribution in [3.8, 4) is 0 Å². The van der Waals surface area contributed by atoms with Crippen molar-refractivity contribution in [3.05, 3.63) is 82.8 Å². The van der Waals surface area contributed by atoms with Gasteiger partial charge in [0.25, 0.3) is 17.7 Å². The Bertz CT molecular complexity index is 2240. The van der Waals surface area contributed by atoms with E-state index in [4.69, 9.17) is 10.7 Å². The number of anilines is 4. The number of urea groups is 1. The van der Waals surface area contributed by atoms with E-state index in [0.717, 1.165) is 101 Å². The zero-order valence-corrected chi connectivity index (χ0v) is 33.5. The number of nitrogens with two attached hydrogens (primary N) is 1. The summed E-state index contributed by atoms with van der Waals surface area (Å²) < 4.78 is 0. The molecule has 4 fully saturated rings. The van der Waals surface area contributed by atoms with Crippen molar-refractivity contribution >= 4 is 52.7 Å². The first-order chi connectivity index (χ1) is 28.5. The minimum atomic E-state index is -0.821. The van der Waals surface area contributed by atoms with Crippen molar-refractivity contribution < 1.29 is 24.0 Å². The van der Waals surface area contributed by atoms with Crippen LogP contribution in [0.3, 0.4) is 0 Å². The number of carbonyl (C=O) groups excluding carboxylic acids is 5. The molecule has 308 valence electrons. The summed E-state index contributed by atoms with van der Waals surface area (Å²) >= 11 is 0. The highest BCUT2D eigenvalue weighted by molar-refractivity contribution is 6.23. The van der Waals surface area contributed by atoms with Crippen LogP contribution in [0.1, 0.15) is 80.9 Å². The van der Waals surface area contributed by atoms with Crippen molar-refractivity contribution in [1.29, 1.82) is 0 Å². The third-order valence-electron chi connectivity index (χ3n) is 13.0. The summed E-state index contributed by atoms with van der Waals surface area (Å²) in [6.45, 7) is 11.2. The van der Waals surface area contributed by atoms with Gasteiger partial charge in [0, 0.05) is 83.0 Å². The van der Waals surface area contributed by atoms with Gasteiger partial charge in [-0.25, -0.2) is 14.8 Å². The van der Waals surface area contributed by atoms with E-state index in [1.165, 1.54) is 11.1 Å². The Morgan fingerprint density at radius 3 is 2.47 bits per heavy atom. The summed E-state index contributed by atoms with van der Waals surface area (Å²) in [5.41, 5.74) is 11.4. The predicted molar refractivity (Wildman–Crippen MR) is 221 cm³/mol. The summed E-state index contributed by atoms with van der Waals surface area (Å²) in [7, 11) is 1.83. The van der Waals surface area contributed by atoms with E-state index < -0.39 is 23.8 Å². The van der Waals surface area contributed by atoms with Crippen molar-refractivity contribution in [2.45, 2.75) is 63.6 Å². The van der Waals surface area contributed by atoms with Crippen molar-refractivity contribution in [2.24, 2.45) is 11.7 Å². The third-order valence-corrected chi connectivity index (χ3v) is 13.0. The SMILES string of the molecule is C=C1CCC(N2C(=O)c3ccc(N4CCC(CN5CCc6cc(Nc7nc(N8CCC[C@@H](N9CCN(C)C9=O)C8)cnc7C(N)=O)ccc6C5)CC4)cc3C2=O)C(=O)N1. The first kappa shape index (κ1) is 38.5. The van der Waals surface area contributed by atoms with Crippen LogP contribution in [0.2, 0.25) is 0 Å².